The van der Waals surface area contributed by atoms with Crippen molar-refractivity contribution in [2.45, 2.75) is 33.2 Å². The largest absolute Gasteiger partial charge is 0.496 e. The van der Waals surface area contributed by atoms with Gasteiger partial charge in [0.25, 0.3) is 0 Å². The van der Waals surface area contributed by atoms with Crippen LogP contribution < -0.4 is 4.74 Å². The third-order valence-corrected chi connectivity index (χ3v) is 4.29. The van der Waals surface area contributed by atoms with Crippen LogP contribution in [-0.2, 0) is 11.3 Å². The molecule has 118 valence electrons. The second-order valence-electron chi connectivity index (χ2n) is 6.15. The zero-order valence-corrected chi connectivity index (χ0v) is 13.6. The van der Waals surface area contributed by atoms with Crippen LogP contribution in [0.2, 0.25) is 0 Å². The Kier molecular flexibility index (Phi) is 4.48. The zero-order chi connectivity index (χ0) is 15.5. The van der Waals surface area contributed by atoms with Crippen molar-refractivity contribution < 1.29 is 9.47 Å². The average Bonchev–Trinajstić information content (AvgIpc) is 2.95. The molecule has 1 fully saturated rings. The molecule has 1 atom stereocenters. The minimum atomic E-state index is 0.568. The van der Waals surface area contributed by atoms with Gasteiger partial charge in [-0.2, -0.15) is 0 Å². The van der Waals surface area contributed by atoms with Gasteiger partial charge >= 0.3 is 0 Å². The van der Waals surface area contributed by atoms with Crippen molar-refractivity contribution in [2.75, 3.05) is 20.3 Å². The molecule has 0 radical (unpaired) electrons. The monoisotopic (exact) mass is 300 g/mol. The molecule has 0 bridgehead atoms. The Balaban J connectivity index is 1.94. The minimum absolute atomic E-state index is 0.568. The number of imidazole rings is 1. The van der Waals surface area contributed by atoms with Crippen LogP contribution in [-0.4, -0.2) is 29.9 Å². The van der Waals surface area contributed by atoms with Crippen LogP contribution in [0.1, 0.15) is 24.0 Å². The highest BCUT2D eigenvalue weighted by atomic mass is 16.5. The van der Waals surface area contributed by atoms with Crippen molar-refractivity contribution in [2.24, 2.45) is 5.92 Å². The van der Waals surface area contributed by atoms with Crippen LogP contribution in [0, 0.1) is 19.8 Å². The lowest BCUT2D eigenvalue weighted by Gasteiger charge is -2.23. The Hall–Kier alpha value is -1.81. The van der Waals surface area contributed by atoms with E-state index in [0.29, 0.717) is 5.92 Å². The van der Waals surface area contributed by atoms with Crippen molar-refractivity contribution in [1.82, 2.24) is 9.55 Å². The van der Waals surface area contributed by atoms with Crippen LogP contribution in [0.3, 0.4) is 0 Å². The van der Waals surface area contributed by atoms with Gasteiger partial charge in [0.05, 0.1) is 19.3 Å². The summed E-state index contributed by atoms with van der Waals surface area (Å²) < 4.78 is 13.5. The first-order valence-electron chi connectivity index (χ1n) is 7.93. The molecule has 4 heteroatoms. The smallest absolute Gasteiger partial charge is 0.143 e. The van der Waals surface area contributed by atoms with Crippen LogP contribution in [0.15, 0.2) is 24.5 Å². The van der Waals surface area contributed by atoms with Gasteiger partial charge in [-0.1, -0.05) is 6.07 Å². The van der Waals surface area contributed by atoms with E-state index in [1.165, 1.54) is 12.0 Å². The van der Waals surface area contributed by atoms with E-state index in [9.17, 15) is 0 Å². The zero-order valence-electron chi connectivity index (χ0n) is 13.6. The summed E-state index contributed by atoms with van der Waals surface area (Å²) in [4.78, 5) is 4.58. The maximum absolute atomic E-state index is 5.62. The van der Waals surface area contributed by atoms with Gasteiger partial charge in [0, 0.05) is 31.5 Å². The fourth-order valence-corrected chi connectivity index (χ4v) is 3.32. The summed E-state index contributed by atoms with van der Waals surface area (Å²) in [5.41, 5.74) is 3.44. The molecule has 0 N–H and O–H groups in total. The van der Waals surface area contributed by atoms with Gasteiger partial charge in [-0.3, -0.25) is 0 Å². The molecule has 0 amide bonds. The van der Waals surface area contributed by atoms with Gasteiger partial charge in [-0.15, -0.1) is 0 Å². The van der Waals surface area contributed by atoms with Crippen LogP contribution in [0.25, 0.3) is 11.4 Å². The lowest BCUT2D eigenvalue weighted by atomic mass is 10.0. The quantitative estimate of drug-likeness (QED) is 0.865. The first-order chi connectivity index (χ1) is 10.7. The standard InChI is InChI=1S/C18H24N2O2/c1-13-9-14(2)17(21-3)16(10-13)18-19-6-7-20(18)11-15-5-4-8-22-12-15/h6-7,9-10,15H,4-5,8,11-12H2,1-3H3. The predicted molar refractivity (Wildman–Crippen MR) is 87.2 cm³/mol. The highest BCUT2D eigenvalue weighted by Crippen LogP contribution is 2.33. The highest BCUT2D eigenvalue weighted by Gasteiger charge is 2.19. The molecule has 22 heavy (non-hydrogen) atoms. The number of methoxy groups -OCH3 is 1. The highest BCUT2D eigenvalue weighted by molar-refractivity contribution is 5.68. The molecule has 1 aliphatic heterocycles. The van der Waals surface area contributed by atoms with Gasteiger partial charge in [0.15, 0.2) is 0 Å². The lowest BCUT2D eigenvalue weighted by Crippen LogP contribution is -2.22. The van der Waals surface area contributed by atoms with E-state index in [2.05, 4.69) is 41.7 Å². The van der Waals surface area contributed by atoms with Gasteiger partial charge in [-0.25, -0.2) is 4.98 Å². The van der Waals surface area contributed by atoms with Crippen LogP contribution in [0.5, 0.6) is 5.75 Å². The Bertz CT molecular complexity index is 643. The molecule has 2 heterocycles. The van der Waals surface area contributed by atoms with Crippen molar-refractivity contribution >= 4 is 0 Å². The van der Waals surface area contributed by atoms with E-state index in [-0.39, 0.29) is 0 Å². The molecule has 0 aliphatic carbocycles. The van der Waals surface area contributed by atoms with E-state index in [1.54, 1.807) is 7.11 Å². The molecular weight excluding hydrogens is 276 g/mol. The molecule has 0 saturated carbocycles. The maximum atomic E-state index is 5.62. The Morgan fingerprint density at radius 2 is 2.23 bits per heavy atom. The topological polar surface area (TPSA) is 36.3 Å². The number of rotatable bonds is 4. The minimum Gasteiger partial charge on any atom is -0.496 e. The Morgan fingerprint density at radius 1 is 1.36 bits per heavy atom. The van der Waals surface area contributed by atoms with Crippen molar-refractivity contribution in [3.05, 3.63) is 35.7 Å². The van der Waals surface area contributed by atoms with Gasteiger partial charge in [0.2, 0.25) is 0 Å². The van der Waals surface area contributed by atoms with Crippen LogP contribution in [0.4, 0.5) is 0 Å². The van der Waals surface area contributed by atoms with Crippen molar-refractivity contribution in [1.29, 1.82) is 0 Å². The van der Waals surface area contributed by atoms with E-state index >= 15 is 0 Å². The average molecular weight is 300 g/mol. The molecule has 1 unspecified atom stereocenters. The van der Waals surface area contributed by atoms with Crippen LogP contribution >= 0.6 is 0 Å². The second kappa shape index (κ2) is 6.53. The molecule has 3 rings (SSSR count). The third kappa shape index (κ3) is 3.02. The molecule has 2 aromatic rings. The number of ether oxygens (including phenoxy) is 2. The fourth-order valence-electron chi connectivity index (χ4n) is 3.32. The van der Waals surface area contributed by atoms with Gasteiger partial charge in [0.1, 0.15) is 11.6 Å². The lowest BCUT2D eigenvalue weighted by molar-refractivity contribution is 0.0485. The number of benzene rings is 1. The summed E-state index contributed by atoms with van der Waals surface area (Å²) in [6.07, 6.45) is 6.31. The Labute approximate surface area is 132 Å². The van der Waals surface area contributed by atoms with E-state index < -0.39 is 0 Å². The number of hydrogen-bond acceptors (Lipinski definition) is 3. The molecule has 1 aromatic heterocycles. The number of nitrogens with zero attached hydrogens (tertiary/aromatic N) is 2. The second-order valence-corrected chi connectivity index (χ2v) is 6.15. The summed E-state index contributed by atoms with van der Waals surface area (Å²) in [5, 5.41) is 0. The maximum Gasteiger partial charge on any atom is 0.143 e. The van der Waals surface area contributed by atoms with E-state index in [0.717, 1.165) is 48.9 Å². The molecule has 1 saturated heterocycles. The predicted octanol–water partition coefficient (Wildman–Crippen LogP) is 3.60. The molecule has 0 spiro atoms. The van der Waals surface area contributed by atoms with Gasteiger partial charge < -0.3 is 14.0 Å². The number of aryl methyl sites for hydroxylation is 2. The summed E-state index contributed by atoms with van der Waals surface area (Å²) in [5.74, 6) is 2.46. The molecular formula is C18H24N2O2. The third-order valence-electron chi connectivity index (χ3n) is 4.29. The fraction of sp³-hybridized carbons (Fsp3) is 0.500. The number of hydrogen-bond donors (Lipinski definition) is 0. The molecule has 1 aromatic carbocycles. The first-order valence-corrected chi connectivity index (χ1v) is 7.93. The van der Waals surface area contributed by atoms with Gasteiger partial charge in [-0.05, 0) is 43.9 Å². The summed E-state index contributed by atoms with van der Waals surface area (Å²) in [6.45, 7) is 6.89. The Morgan fingerprint density at radius 3 is 2.95 bits per heavy atom. The van der Waals surface area contributed by atoms with E-state index in [1.807, 2.05) is 6.20 Å². The normalized spacial score (nSPS) is 18.4. The van der Waals surface area contributed by atoms with Crippen molar-refractivity contribution in [3.8, 4) is 17.1 Å². The summed E-state index contributed by atoms with van der Waals surface area (Å²) in [6, 6.07) is 4.30. The molecule has 1 aliphatic rings. The number of aromatic nitrogens is 2. The molecule has 4 nitrogen and oxygen atoms in total. The van der Waals surface area contributed by atoms with Crippen molar-refractivity contribution in [3.63, 3.8) is 0 Å². The summed E-state index contributed by atoms with van der Waals surface area (Å²) in [7, 11) is 1.73. The van der Waals surface area contributed by atoms with E-state index in [4.69, 9.17) is 9.47 Å². The summed E-state index contributed by atoms with van der Waals surface area (Å²) >= 11 is 0. The first kappa shape index (κ1) is 15.1. The SMILES string of the molecule is COc1c(C)cc(C)cc1-c1nccn1CC1CCCOC1.